The third-order valence-corrected chi connectivity index (χ3v) is 7.50. The van der Waals surface area contributed by atoms with Crippen molar-refractivity contribution in [3.05, 3.63) is 77.5 Å². The molecule has 0 saturated heterocycles. The topological polar surface area (TPSA) is 80.8 Å². The lowest BCUT2D eigenvalue weighted by Crippen LogP contribution is -2.44. The molecule has 0 radical (unpaired) electrons. The minimum Gasteiger partial charge on any atom is -0.455 e. The van der Waals surface area contributed by atoms with Gasteiger partial charge in [-0.2, -0.15) is 0 Å². The van der Waals surface area contributed by atoms with Gasteiger partial charge >= 0.3 is 5.97 Å². The van der Waals surface area contributed by atoms with E-state index in [9.17, 15) is 22.4 Å². The zero-order valence-corrected chi connectivity index (χ0v) is 18.3. The van der Waals surface area contributed by atoms with Gasteiger partial charge in [0.2, 0.25) is 0 Å². The number of anilines is 1. The first-order valence-electron chi connectivity index (χ1n) is 10.5. The van der Waals surface area contributed by atoms with Crippen LogP contribution in [0.1, 0.15) is 31.2 Å². The largest absolute Gasteiger partial charge is 0.455 e. The fourth-order valence-corrected chi connectivity index (χ4v) is 5.79. The Hall–Kier alpha value is -3.00. The molecular formula is C24H24FNO5S. The van der Waals surface area contributed by atoms with Gasteiger partial charge in [-0.1, -0.05) is 43.2 Å². The highest BCUT2D eigenvalue weighted by atomic mass is 32.2. The molecule has 1 amide bonds. The summed E-state index contributed by atoms with van der Waals surface area (Å²) in [5.74, 6) is -1.63. The van der Waals surface area contributed by atoms with Gasteiger partial charge in [0.1, 0.15) is 5.82 Å². The maximum Gasteiger partial charge on any atom is 0.317 e. The van der Waals surface area contributed by atoms with E-state index in [1.807, 2.05) is 0 Å². The van der Waals surface area contributed by atoms with Crippen LogP contribution in [0, 0.1) is 5.82 Å². The molecule has 1 atom stereocenters. The van der Waals surface area contributed by atoms with E-state index < -0.39 is 39.8 Å². The Morgan fingerprint density at radius 2 is 1.69 bits per heavy atom. The van der Waals surface area contributed by atoms with Gasteiger partial charge in [0.05, 0.1) is 17.2 Å². The molecule has 2 aliphatic rings. The second-order valence-corrected chi connectivity index (χ2v) is 10.1. The first kappa shape index (κ1) is 22.2. The van der Waals surface area contributed by atoms with Crippen molar-refractivity contribution in [3.63, 3.8) is 0 Å². The predicted molar refractivity (Wildman–Crippen MR) is 118 cm³/mol. The number of rotatable bonds is 6. The first-order chi connectivity index (χ1) is 15.3. The Morgan fingerprint density at radius 1 is 1.03 bits per heavy atom. The molecule has 4 rings (SSSR count). The molecule has 1 heterocycles. The summed E-state index contributed by atoms with van der Waals surface area (Å²) in [5, 5.41) is 1.11. The van der Waals surface area contributed by atoms with Crippen molar-refractivity contribution in [2.45, 2.75) is 37.1 Å². The van der Waals surface area contributed by atoms with Crippen molar-refractivity contribution < 1.29 is 27.1 Å². The van der Waals surface area contributed by atoms with E-state index in [0.717, 1.165) is 18.2 Å². The number of sulfone groups is 1. The normalized spacial score (nSPS) is 20.7. The summed E-state index contributed by atoms with van der Waals surface area (Å²) in [5.41, 5.74) is 0.301. The Kier molecular flexibility index (Phi) is 6.15. The zero-order valence-electron chi connectivity index (χ0n) is 17.4. The van der Waals surface area contributed by atoms with Crippen molar-refractivity contribution in [2.75, 3.05) is 17.3 Å². The van der Waals surface area contributed by atoms with E-state index in [4.69, 9.17) is 4.74 Å². The van der Waals surface area contributed by atoms with Gasteiger partial charge in [0, 0.05) is 11.1 Å². The van der Waals surface area contributed by atoms with Crippen LogP contribution in [0.2, 0.25) is 0 Å². The van der Waals surface area contributed by atoms with E-state index in [2.05, 4.69) is 0 Å². The molecule has 0 bridgehead atoms. The zero-order chi connectivity index (χ0) is 22.8. The summed E-state index contributed by atoms with van der Waals surface area (Å²) >= 11 is 0. The Labute approximate surface area is 186 Å². The number of hydrogen-bond acceptors (Lipinski definition) is 5. The van der Waals surface area contributed by atoms with Gasteiger partial charge in [0.15, 0.2) is 16.4 Å². The Morgan fingerprint density at radius 3 is 2.28 bits per heavy atom. The standard InChI is InChI=1S/C24H24FNO5S/c25-19-10-8-18(9-11-19)24(13-4-5-14-24)23(28)31-16-22(27)26(20-6-2-1-3-7-20)21-12-15-32(29,30)17-21/h1-3,6-12,15,21H,4-5,13-14,16-17H2. The summed E-state index contributed by atoms with van der Waals surface area (Å²) in [6, 6.07) is 13.8. The number of benzene rings is 2. The average molecular weight is 458 g/mol. The fraction of sp³-hybridized carbons (Fsp3) is 0.333. The SMILES string of the molecule is O=C(COC(=O)C1(c2ccc(F)cc2)CCCC1)N(c1ccccc1)C1C=CS(=O)(=O)C1. The monoisotopic (exact) mass is 457 g/mol. The lowest BCUT2D eigenvalue weighted by molar-refractivity contribution is -0.153. The van der Waals surface area contributed by atoms with Gasteiger partial charge in [0.25, 0.3) is 5.91 Å². The molecule has 0 aromatic heterocycles. The number of esters is 1. The van der Waals surface area contributed by atoms with E-state index >= 15 is 0 Å². The van der Waals surface area contributed by atoms with E-state index in [0.29, 0.717) is 24.1 Å². The van der Waals surface area contributed by atoms with Crippen LogP contribution >= 0.6 is 0 Å². The van der Waals surface area contributed by atoms with Crippen molar-refractivity contribution in [3.8, 4) is 0 Å². The molecule has 1 aliphatic heterocycles. The molecule has 0 N–H and O–H groups in total. The molecule has 168 valence electrons. The van der Waals surface area contributed by atoms with Crippen LogP contribution in [-0.4, -0.2) is 38.7 Å². The molecule has 2 aromatic carbocycles. The highest BCUT2D eigenvalue weighted by Gasteiger charge is 2.44. The summed E-state index contributed by atoms with van der Waals surface area (Å²) in [7, 11) is -3.39. The number of carbonyl (C=O) groups excluding carboxylic acids is 2. The second-order valence-electron chi connectivity index (χ2n) is 8.20. The minimum atomic E-state index is -3.39. The number of para-hydroxylation sites is 1. The maximum absolute atomic E-state index is 13.4. The Bertz CT molecular complexity index is 1120. The van der Waals surface area contributed by atoms with Crippen LogP contribution < -0.4 is 4.90 Å². The maximum atomic E-state index is 13.4. The van der Waals surface area contributed by atoms with Gasteiger partial charge in [-0.05, 0) is 48.7 Å². The van der Waals surface area contributed by atoms with Gasteiger partial charge in [-0.15, -0.1) is 0 Å². The molecule has 1 fully saturated rings. The number of amides is 1. The van der Waals surface area contributed by atoms with Crippen LogP contribution in [0.3, 0.4) is 0 Å². The van der Waals surface area contributed by atoms with Crippen molar-refractivity contribution in [1.29, 1.82) is 0 Å². The summed E-state index contributed by atoms with van der Waals surface area (Å²) in [6.45, 7) is -0.513. The molecule has 6 nitrogen and oxygen atoms in total. The molecule has 2 aromatic rings. The lowest BCUT2D eigenvalue weighted by atomic mass is 9.79. The van der Waals surface area contributed by atoms with Crippen molar-refractivity contribution in [2.24, 2.45) is 0 Å². The van der Waals surface area contributed by atoms with Crippen molar-refractivity contribution >= 4 is 27.4 Å². The number of ether oxygens (including phenoxy) is 1. The number of hydrogen-bond donors (Lipinski definition) is 0. The van der Waals surface area contributed by atoms with Crippen molar-refractivity contribution in [1.82, 2.24) is 0 Å². The van der Waals surface area contributed by atoms with Crippen LogP contribution in [0.5, 0.6) is 0 Å². The lowest BCUT2D eigenvalue weighted by Gasteiger charge is -2.30. The third-order valence-electron chi connectivity index (χ3n) is 6.12. The fourth-order valence-electron chi connectivity index (χ4n) is 4.52. The molecule has 1 aliphatic carbocycles. The minimum absolute atomic E-state index is 0.221. The average Bonchev–Trinajstić information content (AvgIpc) is 3.41. The van der Waals surface area contributed by atoms with Crippen LogP contribution in [-0.2, 0) is 29.6 Å². The first-order valence-corrected chi connectivity index (χ1v) is 12.2. The van der Waals surface area contributed by atoms with Crippen LogP contribution in [0.4, 0.5) is 10.1 Å². The number of halogens is 1. The molecule has 0 spiro atoms. The molecule has 32 heavy (non-hydrogen) atoms. The predicted octanol–water partition coefficient (Wildman–Crippen LogP) is 3.52. The number of nitrogens with zero attached hydrogens (tertiary/aromatic N) is 1. The second kappa shape index (κ2) is 8.86. The highest BCUT2D eigenvalue weighted by Crippen LogP contribution is 2.42. The number of carbonyl (C=O) groups is 2. The third kappa shape index (κ3) is 4.46. The smallest absolute Gasteiger partial charge is 0.317 e. The quantitative estimate of drug-likeness (QED) is 0.620. The van der Waals surface area contributed by atoms with Gasteiger partial charge in [-0.25, -0.2) is 12.8 Å². The molecule has 8 heteroatoms. The molecule has 1 unspecified atom stereocenters. The van der Waals surface area contributed by atoms with E-state index in [1.54, 1.807) is 42.5 Å². The summed E-state index contributed by atoms with van der Waals surface area (Å²) in [6.07, 6.45) is 4.27. The van der Waals surface area contributed by atoms with Crippen LogP contribution in [0.25, 0.3) is 0 Å². The Balaban J connectivity index is 1.53. The van der Waals surface area contributed by atoms with Gasteiger partial charge < -0.3 is 9.64 Å². The molecule has 1 saturated carbocycles. The van der Waals surface area contributed by atoms with Gasteiger partial charge in [-0.3, -0.25) is 9.59 Å². The summed E-state index contributed by atoms with van der Waals surface area (Å²) < 4.78 is 42.7. The summed E-state index contributed by atoms with van der Waals surface area (Å²) in [4.78, 5) is 27.6. The highest BCUT2D eigenvalue weighted by molar-refractivity contribution is 7.94. The van der Waals surface area contributed by atoms with E-state index in [1.165, 1.54) is 23.1 Å². The van der Waals surface area contributed by atoms with E-state index in [-0.39, 0.29) is 11.6 Å². The molecular weight excluding hydrogens is 433 g/mol. The van der Waals surface area contributed by atoms with Crippen LogP contribution in [0.15, 0.2) is 66.1 Å².